The molecule has 1 atom stereocenters. The Balaban J connectivity index is 1.84. The molecule has 0 spiro atoms. The minimum absolute atomic E-state index is 0.654. The summed E-state index contributed by atoms with van der Waals surface area (Å²) >= 11 is 0. The van der Waals surface area contributed by atoms with Gasteiger partial charge in [0.15, 0.2) is 5.65 Å². The third-order valence-electron chi connectivity index (χ3n) is 3.91. The number of nitrogens with two attached hydrogens (primary N) is 1. The molecular weight excluding hydrogens is 224 g/mol. The molecule has 0 radical (unpaired) electrons. The lowest BCUT2D eigenvalue weighted by molar-refractivity contribution is 0.265. The Morgan fingerprint density at radius 3 is 3.17 bits per heavy atom. The predicted octanol–water partition coefficient (Wildman–Crippen LogP) is 1.94. The van der Waals surface area contributed by atoms with Crippen LogP contribution in [0.25, 0.3) is 5.65 Å². The van der Waals surface area contributed by atoms with E-state index in [9.17, 15) is 0 Å². The van der Waals surface area contributed by atoms with Gasteiger partial charge in [0.2, 0.25) is 0 Å². The molecule has 0 amide bonds. The molecule has 2 aromatic rings. The normalized spacial score (nSPS) is 20.8. The third-order valence-corrected chi connectivity index (χ3v) is 3.91. The Kier molecular flexibility index (Phi) is 2.96. The fourth-order valence-corrected chi connectivity index (χ4v) is 2.97. The van der Waals surface area contributed by atoms with E-state index in [1.54, 1.807) is 0 Å². The smallest absolute Gasteiger partial charge is 0.160 e. The van der Waals surface area contributed by atoms with Gasteiger partial charge < -0.3 is 15.0 Å². The maximum absolute atomic E-state index is 5.94. The standard InChI is InChI=1S/C14H20N4/c1-2-17-7-3-5-12(17)9-11-10-18-8-4-6-13(15)14(18)16-11/h4,6,8,10,12H,2-3,5,7,9,15H2,1H3. The van der Waals surface area contributed by atoms with Crippen molar-refractivity contribution in [3.63, 3.8) is 0 Å². The first-order valence-corrected chi connectivity index (χ1v) is 6.74. The summed E-state index contributed by atoms with van der Waals surface area (Å²) < 4.78 is 2.02. The van der Waals surface area contributed by atoms with Crippen molar-refractivity contribution in [2.75, 3.05) is 18.8 Å². The van der Waals surface area contributed by atoms with E-state index in [1.165, 1.54) is 19.4 Å². The van der Waals surface area contributed by atoms with Gasteiger partial charge in [-0.3, -0.25) is 0 Å². The number of hydrogen-bond donors (Lipinski definition) is 1. The summed E-state index contributed by atoms with van der Waals surface area (Å²) in [6.45, 7) is 4.61. The van der Waals surface area contributed by atoms with E-state index < -0.39 is 0 Å². The molecule has 18 heavy (non-hydrogen) atoms. The van der Waals surface area contributed by atoms with Crippen molar-refractivity contribution < 1.29 is 0 Å². The van der Waals surface area contributed by atoms with Gasteiger partial charge in [-0.25, -0.2) is 4.98 Å². The van der Waals surface area contributed by atoms with E-state index >= 15 is 0 Å². The van der Waals surface area contributed by atoms with Crippen LogP contribution in [0.1, 0.15) is 25.5 Å². The highest BCUT2D eigenvalue weighted by molar-refractivity contribution is 5.64. The highest BCUT2D eigenvalue weighted by Crippen LogP contribution is 2.21. The lowest BCUT2D eigenvalue weighted by atomic mass is 10.1. The molecule has 3 heterocycles. The van der Waals surface area contributed by atoms with Crippen LogP contribution >= 0.6 is 0 Å². The summed E-state index contributed by atoms with van der Waals surface area (Å²) in [5.41, 5.74) is 8.72. The van der Waals surface area contributed by atoms with Gasteiger partial charge in [-0.2, -0.15) is 0 Å². The SMILES string of the molecule is CCN1CCCC1Cc1cn2cccc(N)c2n1. The molecule has 2 aromatic heterocycles. The van der Waals surface area contributed by atoms with Crippen molar-refractivity contribution in [2.24, 2.45) is 0 Å². The van der Waals surface area contributed by atoms with Crippen LogP contribution < -0.4 is 5.73 Å². The van der Waals surface area contributed by atoms with Crippen molar-refractivity contribution >= 4 is 11.3 Å². The average molecular weight is 244 g/mol. The molecule has 4 heteroatoms. The van der Waals surface area contributed by atoms with Gasteiger partial charge in [0.25, 0.3) is 0 Å². The minimum atomic E-state index is 0.654. The van der Waals surface area contributed by atoms with Crippen LogP contribution in [0.5, 0.6) is 0 Å². The van der Waals surface area contributed by atoms with Crippen molar-refractivity contribution in [3.8, 4) is 0 Å². The van der Waals surface area contributed by atoms with Gasteiger partial charge in [0.05, 0.1) is 11.4 Å². The molecule has 0 saturated carbocycles. The zero-order valence-electron chi connectivity index (χ0n) is 10.8. The van der Waals surface area contributed by atoms with E-state index in [0.717, 1.165) is 30.0 Å². The second kappa shape index (κ2) is 4.61. The maximum Gasteiger partial charge on any atom is 0.160 e. The van der Waals surface area contributed by atoms with Crippen LogP contribution in [0.4, 0.5) is 5.69 Å². The van der Waals surface area contributed by atoms with Crippen molar-refractivity contribution in [1.82, 2.24) is 14.3 Å². The van der Waals surface area contributed by atoms with Crippen LogP contribution in [0, 0.1) is 0 Å². The zero-order valence-corrected chi connectivity index (χ0v) is 10.8. The number of hydrogen-bond acceptors (Lipinski definition) is 3. The lowest BCUT2D eigenvalue weighted by Crippen LogP contribution is -2.30. The van der Waals surface area contributed by atoms with Gasteiger partial charge in [-0.1, -0.05) is 6.92 Å². The Morgan fingerprint density at radius 1 is 1.50 bits per heavy atom. The van der Waals surface area contributed by atoms with Crippen molar-refractivity contribution in [3.05, 3.63) is 30.2 Å². The molecule has 3 rings (SSSR count). The fraction of sp³-hybridized carbons (Fsp3) is 0.500. The van der Waals surface area contributed by atoms with Crippen LogP contribution in [-0.4, -0.2) is 33.4 Å². The summed E-state index contributed by atoms with van der Waals surface area (Å²) in [6.07, 6.45) is 7.76. The number of rotatable bonds is 3. The molecule has 2 N–H and O–H groups in total. The highest BCUT2D eigenvalue weighted by atomic mass is 15.2. The Morgan fingerprint density at radius 2 is 2.39 bits per heavy atom. The van der Waals surface area contributed by atoms with Gasteiger partial charge in [0, 0.05) is 24.9 Å². The van der Waals surface area contributed by atoms with Crippen LogP contribution in [0.2, 0.25) is 0 Å². The number of likely N-dealkylation sites (tertiary alicyclic amines) is 1. The summed E-state index contributed by atoms with van der Waals surface area (Å²) in [5.74, 6) is 0. The molecule has 0 bridgehead atoms. The number of nitrogens with zero attached hydrogens (tertiary/aromatic N) is 3. The molecule has 1 saturated heterocycles. The average Bonchev–Trinajstić information content (AvgIpc) is 2.96. The van der Waals surface area contributed by atoms with Gasteiger partial charge in [-0.15, -0.1) is 0 Å². The van der Waals surface area contributed by atoms with Gasteiger partial charge in [0.1, 0.15) is 0 Å². The largest absolute Gasteiger partial charge is 0.396 e. The second-order valence-electron chi connectivity index (χ2n) is 5.06. The van der Waals surface area contributed by atoms with E-state index in [0.29, 0.717) is 6.04 Å². The Labute approximate surface area is 107 Å². The van der Waals surface area contributed by atoms with E-state index in [-0.39, 0.29) is 0 Å². The van der Waals surface area contributed by atoms with E-state index in [2.05, 4.69) is 23.0 Å². The number of imidazole rings is 1. The van der Waals surface area contributed by atoms with Crippen LogP contribution in [0.15, 0.2) is 24.5 Å². The molecule has 1 aliphatic rings. The number of likely N-dealkylation sites (N-methyl/N-ethyl adjacent to an activating group) is 1. The summed E-state index contributed by atoms with van der Waals surface area (Å²) in [5, 5.41) is 0. The fourth-order valence-electron chi connectivity index (χ4n) is 2.97. The number of aromatic nitrogens is 2. The molecule has 96 valence electrons. The van der Waals surface area contributed by atoms with E-state index in [4.69, 9.17) is 5.73 Å². The van der Waals surface area contributed by atoms with Crippen LogP contribution in [-0.2, 0) is 6.42 Å². The molecule has 0 aliphatic carbocycles. The molecular formula is C14H20N4. The summed E-state index contributed by atoms with van der Waals surface area (Å²) in [7, 11) is 0. The number of anilines is 1. The molecule has 1 unspecified atom stereocenters. The Bertz CT molecular complexity index is 546. The zero-order chi connectivity index (χ0) is 12.5. The van der Waals surface area contributed by atoms with E-state index in [1.807, 2.05) is 22.7 Å². The summed E-state index contributed by atoms with van der Waals surface area (Å²) in [4.78, 5) is 7.20. The van der Waals surface area contributed by atoms with Crippen molar-refractivity contribution in [2.45, 2.75) is 32.2 Å². The number of pyridine rings is 1. The third kappa shape index (κ3) is 1.97. The predicted molar refractivity (Wildman–Crippen MR) is 73.6 cm³/mol. The molecule has 4 nitrogen and oxygen atoms in total. The second-order valence-corrected chi connectivity index (χ2v) is 5.06. The first kappa shape index (κ1) is 11.5. The topological polar surface area (TPSA) is 46.6 Å². The monoisotopic (exact) mass is 244 g/mol. The van der Waals surface area contributed by atoms with Crippen molar-refractivity contribution in [1.29, 1.82) is 0 Å². The summed E-state index contributed by atoms with van der Waals surface area (Å²) in [6, 6.07) is 4.52. The van der Waals surface area contributed by atoms with Gasteiger partial charge in [-0.05, 0) is 38.1 Å². The highest BCUT2D eigenvalue weighted by Gasteiger charge is 2.23. The number of fused-ring (bicyclic) bond motifs is 1. The number of nitrogen functional groups attached to an aromatic ring is 1. The lowest BCUT2D eigenvalue weighted by Gasteiger charge is -2.21. The maximum atomic E-state index is 5.94. The molecule has 0 aromatic carbocycles. The minimum Gasteiger partial charge on any atom is -0.396 e. The van der Waals surface area contributed by atoms with Gasteiger partial charge >= 0.3 is 0 Å². The Hall–Kier alpha value is -1.55. The molecule has 1 fully saturated rings. The van der Waals surface area contributed by atoms with Crippen LogP contribution in [0.3, 0.4) is 0 Å². The molecule has 1 aliphatic heterocycles. The quantitative estimate of drug-likeness (QED) is 0.897. The first-order chi connectivity index (χ1) is 8.78. The first-order valence-electron chi connectivity index (χ1n) is 6.74.